The van der Waals surface area contributed by atoms with Gasteiger partial charge in [-0.2, -0.15) is 0 Å². The lowest BCUT2D eigenvalue weighted by atomic mass is 10.2. The number of hydrazine groups is 1. The Morgan fingerprint density at radius 2 is 2.10 bits per heavy atom. The van der Waals surface area contributed by atoms with Gasteiger partial charge in [0.05, 0.1) is 16.4 Å². The van der Waals surface area contributed by atoms with E-state index in [1.165, 1.54) is 32.0 Å². The van der Waals surface area contributed by atoms with Crippen LogP contribution in [0.2, 0.25) is 0 Å². The second-order valence-electron chi connectivity index (χ2n) is 4.20. The van der Waals surface area contributed by atoms with Crippen molar-refractivity contribution in [2.24, 2.45) is 5.84 Å². The summed E-state index contributed by atoms with van der Waals surface area (Å²) >= 11 is 0. The minimum atomic E-state index is -3.73. The predicted molar refractivity (Wildman–Crippen MR) is 77.0 cm³/mol. The Morgan fingerprint density at radius 1 is 1.48 bits per heavy atom. The molecule has 0 aliphatic heterocycles. The molecule has 1 amide bonds. The summed E-state index contributed by atoms with van der Waals surface area (Å²) in [5.74, 6) is 4.06. The van der Waals surface area contributed by atoms with Crippen molar-refractivity contribution in [3.05, 3.63) is 33.9 Å². The van der Waals surface area contributed by atoms with Crippen LogP contribution in [-0.2, 0) is 14.8 Å². The van der Waals surface area contributed by atoms with E-state index in [1.54, 1.807) is 0 Å². The maximum atomic E-state index is 12.1. The number of carbonyl (C=O) groups is 1. The molecule has 0 heterocycles. The van der Waals surface area contributed by atoms with Gasteiger partial charge in [-0.3, -0.25) is 24.6 Å². The monoisotopic (exact) mass is 316 g/mol. The predicted octanol–water partition coefficient (Wildman–Crippen LogP) is 0.0492. The van der Waals surface area contributed by atoms with E-state index in [9.17, 15) is 23.3 Å². The number of anilines is 1. The van der Waals surface area contributed by atoms with Crippen molar-refractivity contribution < 1.29 is 18.1 Å². The Morgan fingerprint density at radius 3 is 2.52 bits per heavy atom. The molecule has 1 aromatic rings. The van der Waals surface area contributed by atoms with Crippen LogP contribution >= 0.6 is 0 Å². The molecule has 0 spiro atoms. The van der Waals surface area contributed by atoms with E-state index >= 15 is 0 Å². The van der Waals surface area contributed by atoms with Gasteiger partial charge in [0.2, 0.25) is 10.0 Å². The Labute approximate surface area is 121 Å². The summed E-state index contributed by atoms with van der Waals surface area (Å²) < 4.78 is 25.1. The van der Waals surface area contributed by atoms with Crippen molar-refractivity contribution in [3.8, 4) is 0 Å². The fourth-order valence-electron chi connectivity index (χ4n) is 1.70. The van der Waals surface area contributed by atoms with Gasteiger partial charge in [0.25, 0.3) is 11.6 Å². The van der Waals surface area contributed by atoms with Crippen molar-refractivity contribution >= 4 is 27.3 Å². The molecular formula is C11H16N4O5S. The average Bonchev–Trinajstić information content (AvgIpc) is 2.44. The second-order valence-corrected chi connectivity index (χ2v) is 6.38. The summed E-state index contributed by atoms with van der Waals surface area (Å²) in [7, 11) is -3.73. The third kappa shape index (κ3) is 3.89. The quantitative estimate of drug-likeness (QED) is 0.329. The molecule has 10 heteroatoms. The standard InChI is InChI=1S/C11H16N4O5S/c1-3-21(19,20)14(7-11(16)13-12)10-5-4-9(15(17)18)6-8(10)2/h4-6H,3,7,12H2,1-2H3,(H,13,16). The lowest BCUT2D eigenvalue weighted by Gasteiger charge is -2.24. The Balaban J connectivity index is 3.33. The fourth-order valence-corrected chi connectivity index (χ4v) is 2.83. The molecule has 0 unspecified atom stereocenters. The number of amides is 1. The number of nitrogens with one attached hydrogen (secondary N) is 1. The van der Waals surface area contributed by atoms with Gasteiger partial charge in [0, 0.05) is 12.1 Å². The molecule has 0 saturated carbocycles. The summed E-state index contributed by atoms with van der Waals surface area (Å²) in [6.45, 7) is 2.47. The highest BCUT2D eigenvalue weighted by atomic mass is 32.2. The SMILES string of the molecule is CCS(=O)(=O)N(CC(=O)NN)c1ccc([N+](=O)[O-])cc1C. The Kier molecular flexibility index (Phi) is 5.22. The maximum Gasteiger partial charge on any atom is 0.269 e. The van der Waals surface area contributed by atoms with E-state index in [4.69, 9.17) is 5.84 Å². The molecular weight excluding hydrogens is 300 g/mol. The van der Waals surface area contributed by atoms with Crippen LogP contribution < -0.4 is 15.6 Å². The summed E-state index contributed by atoms with van der Waals surface area (Å²) in [4.78, 5) is 21.5. The normalized spacial score (nSPS) is 11.0. The van der Waals surface area contributed by atoms with E-state index in [0.717, 1.165) is 4.31 Å². The number of sulfonamides is 1. The summed E-state index contributed by atoms with van der Waals surface area (Å²) in [6, 6.07) is 3.72. The van der Waals surface area contributed by atoms with Crippen LogP contribution in [0.25, 0.3) is 0 Å². The molecule has 1 aromatic carbocycles. The summed E-state index contributed by atoms with van der Waals surface area (Å²) in [6.07, 6.45) is 0. The number of non-ortho nitro benzene ring substituents is 1. The van der Waals surface area contributed by atoms with E-state index in [2.05, 4.69) is 0 Å². The molecule has 116 valence electrons. The number of nitro groups is 1. The van der Waals surface area contributed by atoms with Crippen LogP contribution in [0.4, 0.5) is 11.4 Å². The van der Waals surface area contributed by atoms with Gasteiger partial charge in [-0.15, -0.1) is 0 Å². The summed E-state index contributed by atoms with van der Waals surface area (Å²) in [5, 5.41) is 10.7. The first-order chi connectivity index (χ1) is 9.72. The number of nitro benzene ring substituents is 1. The lowest BCUT2D eigenvalue weighted by molar-refractivity contribution is -0.384. The highest BCUT2D eigenvalue weighted by molar-refractivity contribution is 7.92. The van der Waals surface area contributed by atoms with Crippen LogP contribution in [0.15, 0.2) is 18.2 Å². The number of rotatable bonds is 6. The van der Waals surface area contributed by atoms with Gasteiger partial charge >= 0.3 is 0 Å². The molecule has 9 nitrogen and oxygen atoms in total. The maximum absolute atomic E-state index is 12.1. The highest BCUT2D eigenvalue weighted by Gasteiger charge is 2.25. The molecule has 0 saturated heterocycles. The third-order valence-electron chi connectivity index (χ3n) is 2.81. The fraction of sp³-hybridized carbons (Fsp3) is 0.364. The molecule has 0 aliphatic carbocycles. The van der Waals surface area contributed by atoms with Gasteiger partial charge < -0.3 is 0 Å². The first kappa shape index (κ1) is 16.9. The number of hydrogen-bond acceptors (Lipinski definition) is 6. The van der Waals surface area contributed by atoms with E-state index < -0.39 is 27.4 Å². The Hall–Kier alpha value is -2.20. The van der Waals surface area contributed by atoms with Gasteiger partial charge in [-0.05, 0) is 25.5 Å². The van der Waals surface area contributed by atoms with Gasteiger partial charge in [-0.25, -0.2) is 14.3 Å². The van der Waals surface area contributed by atoms with Crippen molar-refractivity contribution in [1.29, 1.82) is 0 Å². The minimum absolute atomic E-state index is 0.159. The van der Waals surface area contributed by atoms with Gasteiger partial charge in [-0.1, -0.05) is 0 Å². The molecule has 0 bridgehead atoms. The molecule has 0 aromatic heterocycles. The largest absolute Gasteiger partial charge is 0.293 e. The number of aryl methyl sites for hydroxylation is 1. The number of nitrogens with two attached hydrogens (primary N) is 1. The number of nitrogens with zero attached hydrogens (tertiary/aromatic N) is 2. The zero-order chi connectivity index (χ0) is 16.2. The van der Waals surface area contributed by atoms with Crippen LogP contribution in [0.1, 0.15) is 12.5 Å². The molecule has 3 N–H and O–H groups in total. The van der Waals surface area contributed by atoms with Crippen LogP contribution in [0.3, 0.4) is 0 Å². The number of benzene rings is 1. The second kappa shape index (κ2) is 6.50. The zero-order valence-electron chi connectivity index (χ0n) is 11.6. The number of carbonyl (C=O) groups excluding carboxylic acids is 1. The lowest BCUT2D eigenvalue weighted by Crippen LogP contribution is -2.44. The summed E-state index contributed by atoms with van der Waals surface area (Å²) in [5.41, 5.74) is 2.27. The molecule has 21 heavy (non-hydrogen) atoms. The molecule has 0 fully saturated rings. The average molecular weight is 316 g/mol. The van der Waals surface area contributed by atoms with Crippen molar-refractivity contribution in [1.82, 2.24) is 5.43 Å². The van der Waals surface area contributed by atoms with Gasteiger partial charge in [0.15, 0.2) is 0 Å². The minimum Gasteiger partial charge on any atom is -0.293 e. The number of hydrogen-bond donors (Lipinski definition) is 2. The van der Waals surface area contributed by atoms with Crippen molar-refractivity contribution in [2.75, 3.05) is 16.6 Å². The molecule has 0 radical (unpaired) electrons. The topological polar surface area (TPSA) is 136 Å². The highest BCUT2D eigenvalue weighted by Crippen LogP contribution is 2.26. The molecule has 0 aliphatic rings. The van der Waals surface area contributed by atoms with Crippen LogP contribution in [-0.4, -0.2) is 31.5 Å². The van der Waals surface area contributed by atoms with E-state index in [-0.39, 0.29) is 17.1 Å². The van der Waals surface area contributed by atoms with Crippen LogP contribution in [0.5, 0.6) is 0 Å². The first-order valence-corrected chi connectivity index (χ1v) is 7.58. The van der Waals surface area contributed by atoms with Crippen LogP contribution in [0, 0.1) is 17.0 Å². The van der Waals surface area contributed by atoms with Gasteiger partial charge in [0.1, 0.15) is 6.54 Å². The first-order valence-electron chi connectivity index (χ1n) is 5.97. The smallest absolute Gasteiger partial charge is 0.269 e. The van der Waals surface area contributed by atoms with E-state index in [0.29, 0.717) is 5.56 Å². The third-order valence-corrected chi connectivity index (χ3v) is 4.54. The molecule has 0 atom stereocenters. The Bertz CT molecular complexity index is 659. The van der Waals surface area contributed by atoms with E-state index in [1.807, 2.05) is 5.43 Å². The van der Waals surface area contributed by atoms with Crippen molar-refractivity contribution in [3.63, 3.8) is 0 Å². The zero-order valence-corrected chi connectivity index (χ0v) is 12.4. The molecule has 1 rings (SSSR count). The van der Waals surface area contributed by atoms with Crippen molar-refractivity contribution in [2.45, 2.75) is 13.8 Å².